The van der Waals surface area contributed by atoms with E-state index in [9.17, 15) is 18.0 Å². The average molecular weight is 538 g/mol. The topological polar surface area (TPSA) is 134 Å². The van der Waals surface area contributed by atoms with Gasteiger partial charge in [0.2, 0.25) is 5.95 Å². The summed E-state index contributed by atoms with van der Waals surface area (Å²) in [5, 5.41) is 9.08. The van der Waals surface area contributed by atoms with Gasteiger partial charge in [-0.2, -0.15) is 18.2 Å². The van der Waals surface area contributed by atoms with Gasteiger partial charge in [-0.3, -0.25) is 4.79 Å². The molecule has 1 amide bonds. The van der Waals surface area contributed by atoms with Crippen LogP contribution in [0, 0.1) is 6.92 Å². The first-order valence-electron chi connectivity index (χ1n) is 12.3. The Balaban J connectivity index is 1.43. The Morgan fingerprint density at radius 2 is 1.90 bits per heavy atom. The van der Waals surface area contributed by atoms with Gasteiger partial charge >= 0.3 is 6.18 Å². The van der Waals surface area contributed by atoms with Crippen LogP contribution in [0.4, 0.5) is 42.1 Å². The number of halogens is 3. The minimum absolute atomic E-state index is 0.0371. The predicted molar refractivity (Wildman–Crippen MR) is 143 cm³/mol. The largest absolute Gasteiger partial charge is 0.416 e. The first kappa shape index (κ1) is 26.1. The van der Waals surface area contributed by atoms with Gasteiger partial charge in [0.1, 0.15) is 17.4 Å². The van der Waals surface area contributed by atoms with Crippen molar-refractivity contribution in [2.24, 2.45) is 0 Å². The van der Waals surface area contributed by atoms with Crippen LogP contribution in [0.25, 0.3) is 11.0 Å². The summed E-state index contributed by atoms with van der Waals surface area (Å²) in [5.41, 5.74) is 7.84. The highest BCUT2D eigenvalue weighted by atomic mass is 19.4. The van der Waals surface area contributed by atoms with E-state index >= 15 is 0 Å². The molecule has 0 unspecified atom stereocenters. The van der Waals surface area contributed by atoms with Crippen LogP contribution in [-0.4, -0.2) is 52.0 Å². The number of benzene rings is 2. The molecule has 13 heteroatoms. The van der Waals surface area contributed by atoms with E-state index in [2.05, 4.69) is 35.8 Å². The summed E-state index contributed by atoms with van der Waals surface area (Å²) in [5.74, 6) is 0.520. The minimum atomic E-state index is -4.51. The van der Waals surface area contributed by atoms with Gasteiger partial charge in [-0.15, -0.1) is 0 Å². The first-order valence-corrected chi connectivity index (χ1v) is 12.3. The number of rotatable bonds is 5. The van der Waals surface area contributed by atoms with E-state index in [1.54, 1.807) is 18.2 Å². The Kier molecular flexibility index (Phi) is 7.15. The summed E-state index contributed by atoms with van der Waals surface area (Å²) >= 11 is 0. The molecule has 4 aromatic rings. The molecule has 10 nitrogen and oxygen atoms in total. The molecule has 202 valence electrons. The third-order valence-electron chi connectivity index (χ3n) is 6.32. The first-order chi connectivity index (χ1) is 18.7. The zero-order valence-electron chi connectivity index (χ0n) is 21.0. The fraction of sp³-hybridized carbons (Fsp3) is 0.269. The van der Waals surface area contributed by atoms with Crippen LogP contribution in [0.1, 0.15) is 27.9 Å². The predicted octanol–water partition coefficient (Wildman–Crippen LogP) is 4.12. The molecule has 1 aliphatic heterocycles. The van der Waals surface area contributed by atoms with Crippen molar-refractivity contribution in [3.8, 4) is 0 Å². The molecule has 1 saturated heterocycles. The SMILES string of the molecule is Cc1ccc(C(=O)Nc2cccc(C(F)(F)F)c2)cc1Nc1ncnc2c(N)nc(N3CCCNCC3)nc12. The number of fused-ring (bicyclic) bond motifs is 1. The van der Waals surface area contributed by atoms with Gasteiger partial charge in [-0.25, -0.2) is 15.0 Å². The van der Waals surface area contributed by atoms with E-state index in [0.717, 1.165) is 50.3 Å². The number of amides is 1. The third-order valence-corrected chi connectivity index (χ3v) is 6.32. The number of carbonyl (C=O) groups is 1. The number of nitrogen functional groups attached to an aromatic ring is 1. The molecule has 1 aliphatic rings. The number of hydrogen-bond acceptors (Lipinski definition) is 9. The second-order valence-electron chi connectivity index (χ2n) is 9.11. The molecule has 1 fully saturated rings. The molecular formula is C26H26F3N9O. The summed E-state index contributed by atoms with van der Waals surface area (Å²) in [4.78, 5) is 32.7. The van der Waals surface area contributed by atoms with Crippen molar-refractivity contribution in [3.05, 3.63) is 65.5 Å². The monoisotopic (exact) mass is 537 g/mol. The fourth-order valence-electron chi connectivity index (χ4n) is 4.24. The Hall–Kier alpha value is -4.52. The fourth-order valence-corrected chi connectivity index (χ4v) is 4.24. The number of nitrogens with two attached hydrogens (primary N) is 1. The van der Waals surface area contributed by atoms with Gasteiger partial charge < -0.3 is 26.6 Å². The quantitative estimate of drug-likeness (QED) is 0.297. The van der Waals surface area contributed by atoms with Gasteiger partial charge in [-0.1, -0.05) is 12.1 Å². The van der Waals surface area contributed by atoms with Crippen LogP contribution in [0.3, 0.4) is 0 Å². The highest BCUT2D eigenvalue weighted by molar-refractivity contribution is 6.05. The number of alkyl halides is 3. The lowest BCUT2D eigenvalue weighted by molar-refractivity contribution is -0.137. The van der Waals surface area contributed by atoms with Crippen molar-refractivity contribution in [1.29, 1.82) is 0 Å². The molecule has 2 aromatic heterocycles. The molecule has 2 aromatic carbocycles. The highest BCUT2D eigenvalue weighted by Crippen LogP contribution is 2.31. The van der Waals surface area contributed by atoms with Crippen LogP contribution in [-0.2, 0) is 6.18 Å². The molecule has 3 heterocycles. The molecule has 0 radical (unpaired) electrons. The van der Waals surface area contributed by atoms with Crippen LogP contribution in [0.15, 0.2) is 48.8 Å². The maximum absolute atomic E-state index is 13.1. The summed E-state index contributed by atoms with van der Waals surface area (Å²) in [7, 11) is 0. The molecule has 0 aliphatic carbocycles. The van der Waals surface area contributed by atoms with Gasteiger partial charge in [0.25, 0.3) is 5.91 Å². The van der Waals surface area contributed by atoms with Crippen LogP contribution in [0.5, 0.6) is 0 Å². The number of nitrogens with zero attached hydrogens (tertiary/aromatic N) is 5. The van der Waals surface area contributed by atoms with E-state index in [-0.39, 0.29) is 17.1 Å². The second-order valence-corrected chi connectivity index (χ2v) is 9.11. The maximum atomic E-state index is 13.1. The number of carbonyl (C=O) groups excluding carboxylic acids is 1. The van der Waals surface area contributed by atoms with Crippen molar-refractivity contribution in [2.75, 3.05) is 47.4 Å². The van der Waals surface area contributed by atoms with Crippen molar-refractivity contribution >= 4 is 45.9 Å². The molecule has 5 rings (SSSR count). The van der Waals surface area contributed by atoms with Crippen LogP contribution in [0.2, 0.25) is 0 Å². The summed E-state index contributed by atoms with van der Waals surface area (Å²) in [6.45, 7) is 5.05. The maximum Gasteiger partial charge on any atom is 0.416 e. The molecule has 5 N–H and O–H groups in total. The normalized spacial score (nSPS) is 14.2. The third kappa shape index (κ3) is 5.82. The molecule has 0 atom stereocenters. The Labute approximate surface area is 221 Å². The Morgan fingerprint density at radius 3 is 2.72 bits per heavy atom. The average Bonchev–Trinajstić information content (AvgIpc) is 3.20. The molecule has 0 saturated carbocycles. The van der Waals surface area contributed by atoms with Crippen molar-refractivity contribution < 1.29 is 18.0 Å². The Morgan fingerprint density at radius 1 is 1.05 bits per heavy atom. The lowest BCUT2D eigenvalue weighted by Crippen LogP contribution is -2.29. The Bertz CT molecular complexity index is 1520. The van der Waals surface area contributed by atoms with Crippen LogP contribution >= 0.6 is 0 Å². The standard InChI is InChI=1S/C26H26F3N9O/c1-15-6-7-16(24(39)34-18-5-2-4-17(13-18)26(27,28)29)12-19(15)35-23-21-20(32-14-33-23)22(30)37-25(36-21)38-10-3-8-31-9-11-38/h2,4-7,12-14,31H,3,8-11H2,1H3,(H,34,39)(H2,30,36,37)(H,32,33,35). The van der Waals surface area contributed by atoms with E-state index in [0.29, 0.717) is 28.5 Å². The number of aryl methyl sites for hydroxylation is 1. The number of hydrogen-bond donors (Lipinski definition) is 4. The lowest BCUT2D eigenvalue weighted by atomic mass is 10.1. The molecule has 0 spiro atoms. The van der Waals surface area contributed by atoms with Crippen molar-refractivity contribution in [1.82, 2.24) is 25.3 Å². The van der Waals surface area contributed by atoms with E-state index in [4.69, 9.17) is 10.7 Å². The summed E-state index contributed by atoms with van der Waals surface area (Å²) < 4.78 is 39.2. The second kappa shape index (κ2) is 10.7. The molecule has 39 heavy (non-hydrogen) atoms. The van der Waals surface area contributed by atoms with Gasteiger partial charge in [0, 0.05) is 36.6 Å². The van der Waals surface area contributed by atoms with E-state index < -0.39 is 17.6 Å². The smallest absolute Gasteiger partial charge is 0.382 e. The van der Waals surface area contributed by atoms with E-state index in [1.165, 1.54) is 18.5 Å². The van der Waals surface area contributed by atoms with Crippen LogP contribution < -0.4 is 26.6 Å². The minimum Gasteiger partial charge on any atom is -0.382 e. The van der Waals surface area contributed by atoms with Crippen molar-refractivity contribution in [2.45, 2.75) is 19.5 Å². The lowest BCUT2D eigenvalue weighted by Gasteiger charge is -2.21. The van der Waals surface area contributed by atoms with Crippen molar-refractivity contribution in [3.63, 3.8) is 0 Å². The number of nitrogens with one attached hydrogen (secondary N) is 3. The zero-order valence-corrected chi connectivity index (χ0v) is 21.0. The van der Waals surface area contributed by atoms with E-state index in [1.807, 2.05) is 6.92 Å². The van der Waals surface area contributed by atoms with Gasteiger partial charge in [-0.05, 0) is 55.8 Å². The highest BCUT2D eigenvalue weighted by Gasteiger charge is 2.30. The summed E-state index contributed by atoms with van der Waals surface area (Å²) in [6, 6.07) is 9.39. The van der Waals surface area contributed by atoms with Gasteiger partial charge in [0.05, 0.1) is 5.56 Å². The number of aromatic nitrogens is 4. The number of anilines is 5. The summed E-state index contributed by atoms with van der Waals surface area (Å²) in [6.07, 6.45) is -2.23. The van der Waals surface area contributed by atoms with Gasteiger partial charge in [0.15, 0.2) is 11.6 Å². The molecule has 0 bridgehead atoms. The molecular weight excluding hydrogens is 511 g/mol. The zero-order chi connectivity index (χ0) is 27.6.